The van der Waals surface area contributed by atoms with Crippen molar-refractivity contribution in [1.29, 1.82) is 0 Å². The Hall–Kier alpha value is -2.41. The number of rotatable bonds is 5. The number of carbonyl (C=O) groups excluding carboxylic acids is 1. The zero-order valence-electron chi connectivity index (χ0n) is 14.8. The van der Waals surface area contributed by atoms with Crippen molar-refractivity contribution in [3.63, 3.8) is 0 Å². The van der Waals surface area contributed by atoms with E-state index in [9.17, 15) is 4.79 Å². The molecule has 0 saturated heterocycles. The number of aryl methyl sites for hydroxylation is 1. The Morgan fingerprint density at radius 3 is 2.88 bits per heavy atom. The largest absolute Gasteiger partial charge is 0.429 e. The average molecular weight is 358 g/mol. The van der Waals surface area contributed by atoms with E-state index < -0.39 is 0 Å². The van der Waals surface area contributed by atoms with Crippen molar-refractivity contribution in [3.8, 4) is 0 Å². The molecule has 132 valence electrons. The Morgan fingerprint density at radius 1 is 1.40 bits per heavy atom. The molecule has 6 nitrogen and oxygen atoms in total. The smallest absolute Gasteiger partial charge is 0.266 e. The second-order valence-corrected chi connectivity index (χ2v) is 7.05. The van der Waals surface area contributed by atoms with Crippen molar-refractivity contribution in [2.75, 3.05) is 5.32 Å². The minimum atomic E-state index is -0.0798. The zero-order valence-corrected chi connectivity index (χ0v) is 15.7. The van der Waals surface area contributed by atoms with Crippen molar-refractivity contribution < 1.29 is 9.21 Å². The fourth-order valence-corrected chi connectivity index (χ4v) is 3.10. The molecule has 0 saturated carbocycles. The number of anilines is 1. The molecular weight excluding hydrogens is 336 g/mol. The fraction of sp³-hybridized carbons (Fsp3) is 0.389. The number of aromatic nitrogens is 3. The second kappa shape index (κ2) is 6.84. The highest BCUT2D eigenvalue weighted by Gasteiger charge is 2.16. The van der Waals surface area contributed by atoms with E-state index in [4.69, 9.17) is 16.6 Å². The number of amides is 1. The lowest BCUT2D eigenvalue weighted by Crippen LogP contribution is -2.15. The van der Waals surface area contributed by atoms with Gasteiger partial charge in [0.2, 0.25) is 5.91 Å². The Balaban J connectivity index is 1.75. The zero-order chi connectivity index (χ0) is 18.1. The van der Waals surface area contributed by atoms with Gasteiger partial charge in [-0.15, -0.1) is 0 Å². The summed E-state index contributed by atoms with van der Waals surface area (Å²) in [6.07, 6.45) is 0.296. The molecule has 0 aliphatic rings. The summed E-state index contributed by atoms with van der Waals surface area (Å²) in [5.41, 5.74) is 5.05. The quantitative estimate of drug-likeness (QED) is 0.672. The Kier molecular flexibility index (Phi) is 4.76. The summed E-state index contributed by atoms with van der Waals surface area (Å²) in [7, 11) is 0. The maximum absolute atomic E-state index is 12.5. The maximum atomic E-state index is 12.5. The Labute approximate surface area is 151 Å². The summed E-state index contributed by atoms with van der Waals surface area (Å²) in [4.78, 5) is 15.7. The highest BCUT2D eigenvalue weighted by molar-refractivity contribution is 7.71. The minimum absolute atomic E-state index is 0.0798. The van der Waals surface area contributed by atoms with Crippen LogP contribution in [0.5, 0.6) is 0 Å². The van der Waals surface area contributed by atoms with Crippen LogP contribution in [0.4, 0.5) is 5.69 Å². The first-order chi connectivity index (χ1) is 11.8. The summed E-state index contributed by atoms with van der Waals surface area (Å²) < 4.78 is 7.37. The van der Waals surface area contributed by atoms with Gasteiger partial charge < -0.3 is 14.7 Å². The molecule has 3 rings (SSSR count). The van der Waals surface area contributed by atoms with Gasteiger partial charge in [0, 0.05) is 29.6 Å². The molecule has 0 unspecified atom stereocenters. The first-order valence-corrected chi connectivity index (χ1v) is 8.70. The second-order valence-electron chi connectivity index (χ2n) is 6.68. The molecule has 1 amide bonds. The lowest BCUT2D eigenvalue weighted by Gasteiger charge is -2.08. The SMILES string of the molecule is Cc1nn(CC(C)C)c(C)c1CC(=O)Nc1ccc2[nH]c(=S)oc2c1. The number of aromatic amines is 1. The molecule has 2 N–H and O–H groups in total. The maximum Gasteiger partial charge on any atom is 0.266 e. The molecule has 0 spiro atoms. The van der Waals surface area contributed by atoms with Crippen LogP contribution in [0.2, 0.25) is 0 Å². The molecule has 1 aromatic carbocycles. The van der Waals surface area contributed by atoms with Crippen LogP contribution in [0.15, 0.2) is 22.6 Å². The summed E-state index contributed by atoms with van der Waals surface area (Å²) in [5.74, 6) is 0.426. The average Bonchev–Trinajstić information content (AvgIpc) is 3.00. The molecule has 25 heavy (non-hydrogen) atoms. The first-order valence-electron chi connectivity index (χ1n) is 8.29. The van der Waals surface area contributed by atoms with Gasteiger partial charge in [0.15, 0.2) is 5.58 Å². The third kappa shape index (κ3) is 3.82. The van der Waals surface area contributed by atoms with Crippen molar-refractivity contribution in [1.82, 2.24) is 14.8 Å². The number of carbonyl (C=O) groups is 1. The highest BCUT2D eigenvalue weighted by atomic mass is 32.1. The van der Waals surface area contributed by atoms with Crippen LogP contribution in [0, 0.1) is 24.6 Å². The van der Waals surface area contributed by atoms with E-state index in [1.165, 1.54) is 0 Å². The summed E-state index contributed by atoms with van der Waals surface area (Å²) in [6, 6.07) is 5.42. The van der Waals surface area contributed by atoms with Crippen LogP contribution < -0.4 is 5.32 Å². The van der Waals surface area contributed by atoms with Gasteiger partial charge in [-0.2, -0.15) is 5.10 Å². The van der Waals surface area contributed by atoms with Gasteiger partial charge in [0.1, 0.15) is 0 Å². The van der Waals surface area contributed by atoms with Crippen molar-refractivity contribution in [2.24, 2.45) is 5.92 Å². The van der Waals surface area contributed by atoms with E-state index in [1.807, 2.05) is 30.7 Å². The number of fused-ring (bicyclic) bond motifs is 1. The molecule has 0 aliphatic heterocycles. The molecule has 2 heterocycles. The number of hydrogen-bond donors (Lipinski definition) is 2. The number of nitrogens with one attached hydrogen (secondary N) is 2. The first kappa shape index (κ1) is 17.4. The van der Waals surface area contributed by atoms with E-state index in [1.54, 1.807) is 6.07 Å². The standard InChI is InChI=1S/C18H22N4O2S/c1-10(2)9-22-12(4)14(11(3)21-22)8-17(23)19-13-5-6-15-16(7-13)24-18(25)20-15/h5-7,10H,8-9H2,1-4H3,(H,19,23)(H,20,25). The molecule has 0 aliphatic carbocycles. The topological polar surface area (TPSA) is 75.8 Å². The summed E-state index contributed by atoms with van der Waals surface area (Å²) in [6.45, 7) is 9.12. The van der Waals surface area contributed by atoms with Gasteiger partial charge in [-0.3, -0.25) is 9.48 Å². The molecule has 2 aromatic heterocycles. The van der Waals surface area contributed by atoms with Crippen LogP contribution in [-0.4, -0.2) is 20.7 Å². The summed E-state index contributed by atoms with van der Waals surface area (Å²) >= 11 is 4.97. The van der Waals surface area contributed by atoms with E-state index in [2.05, 4.69) is 29.2 Å². The van der Waals surface area contributed by atoms with Crippen LogP contribution in [0.1, 0.15) is 30.8 Å². The van der Waals surface area contributed by atoms with Gasteiger partial charge in [0.05, 0.1) is 17.6 Å². The molecule has 0 fully saturated rings. The lowest BCUT2D eigenvalue weighted by molar-refractivity contribution is -0.115. The number of oxazole rings is 1. The molecular formula is C18H22N4O2S. The minimum Gasteiger partial charge on any atom is -0.429 e. The number of nitrogens with zero attached hydrogens (tertiary/aromatic N) is 2. The van der Waals surface area contributed by atoms with Gasteiger partial charge in [-0.05, 0) is 44.1 Å². The van der Waals surface area contributed by atoms with Gasteiger partial charge >= 0.3 is 0 Å². The highest BCUT2D eigenvalue weighted by Crippen LogP contribution is 2.20. The lowest BCUT2D eigenvalue weighted by atomic mass is 10.1. The van der Waals surface area contributed by atoms with E-state index in [-0.39, 0.29) is 5.91 Å². The molecule has 0 radical (unpaired) electrons. The third-order valence-corrected chi connectivity index (χ3v) is 4.30. The predicted octanol–water partition coefficient (Wildman–Crippen LogP) is 4.14. The van der Waals surface area contributed by atoms with E-state index in [0.29, 0.717) is 28.4 Å². The van der Waals surface area contributed by atoms with Crippen LogP contribution in [-0.2, 0) is 17.8 Å². The van der Waals surface area contributed by atoms with E-state index >= 15 is 0 Å². The molecule has 3 aromatic rings. The van der Waals surface area contributed by atoms with Crippen molar-refractivity contribution in [2.45, 2.75) is 40.7 Å². The molecule has 7 heteroatoms. The van der Waals surface area contributed by atoms with Crippen LogP contribution in [0.3, 0.4) is 0 Å². The number of H-pyrrole nitrogens is 1. The normalized spacial score (nSPS) is 11.4. The number of hydrogen-bond acceptors (Lipinski definition) is 4. The third-order valence-electron chi connectivity index (χ3n) is 4.11. The number of benzene rings is 1. The Bertz CT molecular complexity index is 981. The molecule has 0 bridgehead atoms. The monoisotopic (exact) mass is 358 g/mol. The van der Waals surface area contributed by atoms with Gasteiger partial charge in [0.25, 0.3) is 4.84 Å². The summed E-state index contributed by atoms with van der Waals surface area (Å²) in [5, 5.41) is 7.47. The Morgan fingerprint density at radius 2 is 2.16 bits per heavy atom. The van der Waals surface area contributed by atoms with Crippen LogP contribution >= 0.6 is 12.2 Å². The van der Waals surface area contributed by atoms with Gasteiger partial charge in [-0.25, -0.2) is 0 Å². The van der Waals surface area contributed by atoms with Crippen molar-refractivity contribution in [3.05, 3.63) is 40.0 Å². The van der Waals surface area contributed by atoms with Gasteiger partial charge in [-0.1, -0.05) is 13.8 Å². The predicted molar refractivity (Wildman–Crippen MR) is 100 cm³/mol. The molecule has 0 atom stereocenters. The fourth-order valence-electron chi connectivity index (χ4n) is 2.90. The van der Waals surface area contributed by atoms with E-state index in [0.717, 1.165) is 29.0 Å². The van der Waals surface area contributed by atoms with Crippen molar-refractivity contribution >= 4 is 34.9 Å². The van der Waals surface area contributed by atoms with Crippen LogP contribution in [0.25, 0.3) is 11.1 Å².